The van der Waals surface area contributed by atoms with E-state index >= 15 is 0 Å². The van der Waals surface area contributed by atoms with Crippen molar-refractivity contribution >= 4 is 38.6 Å². The highest BCUT2D eigenvalue weighted by molar-refractivity contribution is 7.91. The van der Waals surface area contributed by atoms with E-state index < -0.39 is 10.0 Å². The van der Waals surface area contributed by atoms with Crippen molar-refractivity contribution in [1.29, 1.82) is 0 Å². The third kappa shape index (κ3) is 3.75. The minimum Gasteiger partial charge on any atom is -0.369 e. The monoisotopic (exact) mass is 464 g/mol. The molecule has 2 fully saturated rings. The van der Waals surface area contributed by atoms with Crippen molar-refractivity contribution in [2.24, 2.45) is 0 Å². The van der Waals surface area contributed by atoms with Gasteiger partial charge in [0.2, 0.25) is 11.7 Å². The van der Waals surface area contributed by atoms with E-state index in [4.69, 9.17) is 16.1 Å². The fraction of sp³-hybridized carbons (Fsp3) is 0.400. The maximum absolute atomic E-state index is 13.2. The number of nitrogens with zero attached hydrogens (tertiary/aromatic N) is 4. The zero-order valence-electron chi connectivity index (χ0n) is 16.4. The Labute approximate surface area is 184 Å². The molecule has 1 aromatic carbocycles. The van der Waals surface area contributed by atoms with Gasteiger partial charge in [-0.25, -0.2) is 8.42 Å². The summed E-state index contributed by atoms with van der Waals surface area (Å²) in [6.45, 7) is 4.13. The van der Waals surface area contributed by atoms with Crippen LogP contribution in [0.15, 0.2) is 38.4 Å². The van der Waals surface area contributed by atoms with E-state index in [0.717, 1.165) is 24.1 Å². The van der Waals surface area contributed by atoms with Crippen LogP contribution in [0.5, 0.6) is 0 Å². The number of aromatic nitrogens is 2. The molecule has 2 aromatic heterocycles. The van der Waals surface area contributed by atoms with Gasteiger partial charge < -0.3 is 9.42 Å². The summed E-state index contributed by atoms with van der Waals surface area (Å²) in [5.74, 6) is 1.47. The summed E-state index contributed by atoms with van der Waals surface area (Å²) in [5.41, 5.74) is 2.87. The molecule has 158 valence electrons. The Morgan fingerprint density at radius 1 is 1.17 bits per heavy atom. The van der Waals surface area contributed by atoms with Crippen LogP contribution in [0.3, 0.4) is 0 Å². The predicted molar refractivity (Wildman–Crippen MR) is 117 cm³/mol. The van der Waals surface area contributed by atoms with Crippen molar-refractivity contribution in [3.63, 3.8) is 0 Å². The molecule has 0 bridgehead atoms. The Kier molecular flexibility index (Phi) is 5.09. The molecule has 30 heavy (non-hydrogen) atoms. The Morgan fingerprint density at radius 2 is 1.93 bits per heavy atom. The van der Waals surface area contributed by atoms with Crippen molar-refractivity contribution in [2.75, 3.05) is 31.1 Å². The Bertz CT molecular complexity index is 1180. The van der Waals surface area contributed by atoms with Crippen LogP contribution in [0.2, 0.25) is 5.02 Å². The molecule has 10 heteroatoms. The van der Waals surface area contributed by atoms with Crippen LogP contribution in [-0.2, 0) is 10.0 Å². The molecule has 1 saturated carbocycles. The summed E-state index contributed by atoms with van der Waals surface area (Å²) in [4.78, 5) is 6.60. The molecule has 0 amide bonds. The first-order valence-corrected chi connectivity index (χ1v) is 12.6. The summed E-state index contributed by atoms with van der Waals surface area (Å²) in [6, 6.07) is 7.44. The second-order valence-electron chi connectivity index (χ2n) is 7.71. The molecule has 0 radical (unpaired) electrons. The number of rotatable bonds is 5. The van der Waals surface area contributed by atoms with E-state index in [9.17, 15) is 8.42 Å². The SMILES string of the molecule is Cc1ccc(Cl)cc1N1CCN(S(=O)(=O)c2cc(-c3noc(C4CC4)n3)cs2)CC1. The van der Waals surface area contributed by atoms with Crippen LogP contribution in [0, 0.1) is 6.92 Å². The molecule has 5 rings (SSSR count). The Balaban J connectivity index is 1.30. The van der Waals surface area contributed by atoms with Crippen LogP contribution >= 0.6 is 22.9 Å². The molecule has 1 aliphatic carbocycles. The van der Waals surface area contributed by atoms with E-state index in [1.807, 2.05) is 25.1 Å². The van der Waals surface area contributed by atoms with Crippen LogP contribution < -0.4 is 4.90 Å². The number of hydrogen-bond donors (Lipinski definition) is 0. The van der Waals surface area contributed by atoms with E-state index in [2.05, 4.69) is 15.0 Å². The largest absolute Gasteiger partial charge is 0.369 e. The zero-order chi connectivity index (χ0) is 20.9. The first-order valence-electron chi connectivity index (χ1n) is 9.85. The normalized spacial score (nSPS) is 18.1. The highest BCUT2D eigenvalue weighted by Gasteiger charge is 2.32. The fourth-order valence-electron chi connectivity index (χ4n) is 3.64. The van der Waals surface area contributed by atoms with Crippen molar-refractivity contribution < 1.29 is 12.9 Å². The molecular formula is C20H21ClN4O3S2. The number of piperazine rings is 1. The number of sulfonamides is 1. The second kappa shape index (κ2) is 7.64. The molecule has 0 unspecified atom stereocenters. The van der Waals surface area contributed by atoms with Gasteiger partial charge in [0.25, 0.3) is 10.0 Å². The maximum atomic E-state index is 13.2. The maximum Gasteiger partial charge on any atom is 0.252 e. The molecule has 3 heterocycles. The van der Waals surface area contributed by atoms with Crippen LogP contribution in [0.1, 0.15) is 30.2 Å². The van der Waals surface area contributed by atoms with Crippen LogP contribution in [0.25, 0.3) is 11.4 Å². The molecule has 0 spiro atoms. The van der Waals surface area contributed by atoms with Crippen molar-refractivity contribution in [1.82, 2.24) is 14.4 Å². The smallest absolute Gasteiger partial charge is 0.252 e. The number of benzene rings is 1. The zero-order valence-corrected chi connectivity index (χ0v) is 18.8. The lowest BCUT2D eigenvalue weighted by Gasteiger charge is -2.36. The average Bonchev–Trinajstić information content (AvgIpc) is 3.26. The Morgan fingerprint density at radius 3 is 2.67 bits per heavy atom. The van der Waals surface area contributed by atoms with Gasteiger partial charge in [-0.15, -0.1) is 11.3 Å². The summed E-state index contributed by atoms with van der Waals surface area (Å²) in [7, 11) is -3.56. The number of aryl methyl sites for hydroxylation is 1. The summed E-state index contributed by atoms with van der Waals surface area (Å²) in [5, 5.41) is 6.47. The molecular weight excluding hydrogens is 444 g/mol. The van der Waals surface area contributed by atoms with Gasteiger partial charge >= 0.3 is 0 Å². The van der Waals surface area contributed by atoms with Gasteiger partial charge in [0.05, 0.1) is 0 Å². The molecule has 0 atom stereocenters. The number of hydrogen-bond acceptors (Lipinski definition) is 7. The van der Waals surface area contributed by atoms with E-state index in [1.54, 1.807) is 15.8 Å². The third-order valence-electron chi connectivity index (χ3n) is 5.55. The lowest BCUT2D eigenvalue weighted by atomic mass is 10.1. The summed E-state index contributed by atoms with van der Waals surface area (Å²) in [6.07, 6.45) is 2.15. The van der Waals surface area contributed by atoms with Crippen molar-refractivity contribution in [3.05, 3.63) is 46.1 Å². The molecule has 2 aliphatic rings. The molecule has 0 N–H and O–H groups in total. The van der Waals surface area contributed by atoms with Crippen LogP contribution in [0.4, 0.5) is 5.69 Å². The number of thiophene rings is 1. The van der Waals surface area contributed by atoms with Crippen LogP contribution in [-0.4, -0.2) is 49.0 Å². The highest BCUT2D eigenvalue weighted by atomic mass is 35.5. The Hall–Kier alpha value is -1.94. The van der Waals surface area contributed by atoms with E-state index in [0.29, 0.717) is 58.6 Å². The van der Waals surface area contributed by atoms with Gasteiger partial charge in [-0.3, -0.25) is 0 Å². The average molecular weight is 465 g/mol. The van der Waals surface area contributed by atoms with Crippen molar-refractivity contribution in [3.8, 4) is 11.4 Å². The standard InChI is InChI=1S/C20H21ClN4O3S2/c1-13-2-5-16(21)11-17(13)24-6-8-25(9-7-24)30(26,27)18-10-15(12-29-18)19-22-20(28-23-19)14-3-4-14/h2,5,10-12,14H,3-4,6-9H2,1H3. The molecule has 1 aliphatic heterocycles. The van der Waals surface area contributed by atoms with Crippen molar-refractivity contribution in [2.45, 2.75) is 29.9 Å². The van der Waals surface area contributed by atoms with E-state index in [1.165, 1.54) is 11.3 Å². The second-order valence-corrected chi connectivity index (χ2v) is 11.2. The van der Waals surface area contributed by atoms with Gasteiger partial charge in [0, 0.05) is 53.8 Å². The quantitative estimate of drug-likeness (QED) is 0.564. The lowest BCUT2D eigenvalue weighted by Crippen LogP contribution is -2.48. The first kappa shape index (κ1) is 20.0. The van der Waals surface area contributed by atoms with Gasteiger partial charge in [-0.05, 0) is 43.5 Å². The topological polar surface area (TPSA) is 79.5 Å². The summed E-state index contributed by atoms with van der Waals surface area (Å²) < 4.78 is 33.5. The number of anilines is 1. The predicted octanol–water partition coefficient (Wildman–Crippen LogP) is 4.15. The first-order chi connectivity index (χ1) is 14.4. The molecule has 7 nitrogen and oxygen atoms in total. The molecule has 1 saturated heterocycles. The minimum atomic E-state index is -3.56. The van der Waals surface area contributed by atoms with Gasteiger partial charge in [0.1, 0.15) is 4.21 Å². The van der Waals surface area contributed by atoms with Gasteiger partial charge in [-0.2, -0.15) is 9.29 Å². The minimum absolute atomic E-state index is 0.308. The lowest BCUT2D eigenvalue weighted by molar-refractivity contribution is 0.380. The number of halogens is 1. The fourth-order valence-corrected chi connectivity index (χ4v) is 6.54. The van der Waals surface area contributed by atoms with Gasteiger partial charge in [0.15, 0.2) is 0 Å². The van der Waals surface area contributed by atoms with E-state index in [-0.39, 0.29) is 0 Å². The summed E-state index contributed by atoms with van der Waals surface area (Å²) >= 11 is 7.34. The van der Waals surface area contributed by atoms with Gasteiger partial charge in [-0.1, -0.05) is 22.8 Å². The highest BCUT2D eigenvalue weighted by Crippen LogP contribution is 2.40. The molecule has 3 aromatic rings. The third-order valence-corrected chi connectivity index (χ3v) is 9.10.